The molecule has 84 valence electrons. The summed E-state index contributed by atoms with van der Waals surface area (Å²) in [5, 5.41) is 4.37. The first-order valence-electron chi connectivity index (χ1n) is 5.33. The van der Waals surface area contributed by atoms with E-state index in [0.29, 0.717) is 0 Å². The van der Waals surface area contributed by atoms with E-state index in [-0.39, 0.29) is 6.04 Å². The normalized spacial score (nSPS) is 12.9. The molecule has 1 unspecified atom stereocenters. The molecule has 15 heavy (non-hydrogen) atoms. The number of allylic oxidation sites excluding steroid dienone is 1. The highest BCUT2D eigenvalue weighted by Gasteiger charge is 2.16. The Morgan fingerprint density at radius 3 is 2.53 bits per heavy atom. The van der Waals surface area contributed by atoms with Crippen LogP contribution >= 0.6 is 0 Å². The second-order valence-corrected chi connectivity index (χ2v) is 4.31. The zero-order valence-corrected chi connectivity index (χ0v) is 10.2. The van der Waals surface area contributed by atoms with Gasteiger partial charge in [0.2, 0.25) is 0 Å². The molecule has 0 spiro atoms. The standard InChI is InChI=1S/C12H21N3/c1-8(2)6-7-11(13)12-9(3)14-15(5)10(12)4/h11H,1,6-7,13H2,2-5H3. The fourth-order valence-corrected chi connectivity index (χ4v) is 1.87. The van der Waals surface area contributed by atoms with Crippen molar-refractivity contribution in [1.29, 1.82) is 0 Å². The summed E-state index contributed by atoms with van der Waals surface area (Å²) in [5.74, 6) is 0. The van der Waals surface area contributed by atoms with Gasteiger partial charge in [0.1, 0.15) is 0 Å². The Hall–Kier alpha value is -1.09. The van der Waals surface area contributed by atoms with Crippen LogP contribution in [0.15, 0.2) is 12.2 Å². The number of nitrogens with two attached hydrogens (primary N) is 1. The average Bonchev–Trinajstić information content (AvgIpc) is 2.37. The lowest BCUT2D eigenvalue weighted by atomic mass is 9.99. The van der Waals surface area contributed by atoms with Gasteiger partial charge in [0.15, 0.2) is 0 Å². The third-order valence-corrected chi connectivity index (χ3v) is 2.82. The summed E-state index contributed by atoms with van der Waals surface area (Å²) in [6.45, 7) is 10.0. The quantitative estimate of drug-likeness (QED) is 0.770. The maximum Gasteiger partial charge on any atom is 0.0644 e. The molecule has 0 aliphatic rings. The van der Waals surface area contributed by atoms with Crippen LogP contribution in [0.1, 0.15) is 42.8 Å². The molecule has 1 rings (SSSR count). The topological polar surface area (TPSA) is 43.8 Å². The number of aromatic nitrogens is 2. The Bertz CT molecular complexity index is 363. The minimum Gasteiger partial charge on any atom is -0.324 e. The highest BCUT2D eigenvalue weighted by molar-refractivity contribution is 5.27. The van der Waals surface area contributed by atoms with Gasteiger partial charge in [-0.15, -0.1) is 6.58 Å². The molecule has 0 aliphatic heterocycles. The number of nitrogens with zero attached hydrogens (tertiary/aromatic N) is 2. The van der Waals surface area contributed by atoms with Crippen molar-refractivity contribution in [2.45, 2.75) is 39.7 Å². The van der Waals surface area contributed by atoms with Crippen molar-refractivity contribution in [2.24, 2.45) is 12.8 Å². The zero-order valence-electron chi connectivity index (χ0n) is 10.2. The number of rotatable bonds is 4. The molecule has 2 N–H and O–H groups in total. The Morgan fingerprint density at radius 1 is 1.53 bits per heavy atom. The lowest BCUT2D eigenvalue weighted by molar-refractivity contribution is 0.639. The molecule has 0 saturated heterocycles. The Kier molecular flexibility index (Phi) is 3.69. The van der Waals surface area contributed by atoms with Crippen molar-refractivity contribution in [1.82, 2.24) is 9.78 Å². The van der Waals surface area contributed by atoms with Crippen molar-refractivity contribution in [3.05, 3.63) is 29.1 Å². The fraction of sp³-hybridized carbons (Fsp3) is 0.583. The SMILES string of the molecule is C=C(C)CCC(N)c1c(C)nn(C)c1C. The van der Waals surface area contributed by atoms with Gasteiger partial charge in [-0.05, 0) is 33.6 Å². The Balaban J connectivity index is 2.81. The van der Waals surface area contributed by atoms with Gasteiger partial charge < -0.3 is 5.73 Å². The molecule has 0 amide bonds. The molecule has 0 aliphatic carbocycles. The van der Waals surface area contributed by atoms with E-state index >= 15 is 0 Å². The van der Waals surface area contributed by atoms with E-state index < -0.39 is 0 Å². The minimum absolute atomic E-state index is 0.0791. The third-order valence-electron chi connectivity index (χ3n) is 2.82. The van der Waals surface area contributed by atoms with Gasteiger partial charge >= 0.3 is 0 Å². The summed E-state index contributed by atoms with van der Waals surface area (Å²) in [6, 6.07) is 0.0791. The first-order chi connectivity index (χ1) is 6.93. The number of hydrogen-bond donors (Lipinski definition) is 1. The lowest BCUT2D eigenvalue weighted by Gasteiger charge is -2.12. The molecule has 3 nitrogen and oxygen atoms in total. The molecule has 0 aromatic carbocycles. The van der Waals surface area contributed by atoms with Gasteiger partial charge in [-0.2, -0.15) is 5.10 Å². The zero-order chi connectivity index (χ0) is 11.6. The minimum atomic E-state index is 0.0791. The van der Waals surface area contributed by atoms with E-state index in [1.807, 2.05) is 25.6 Å². The predicted molar refractivity (Wildman–Crippen MR) is 63.7 cm³/mol. The summed E-state index contributed by atoms with van der Waals surface area (Å²) < 4.78 is 1.89. The van der Waals surface area contributed by atoms with Gasteiger partial charge in [0.05, 0.1) is 5.69 Å². The van der Waals surface area contributed by atoms with Gasteiger partial charge in [0, 0.05) is 24.3 Å². The lowest BCUT2D eigenvalue weighted by Crippen LogP contribution is -2.12. The van der Waals surface area contributed by atoms with E-state index in [1.54, 1.807) is 0 Å². The molecule has 1 atom stereocenters. The third kappa shape index (κ3) is 2.69. The summed E-state index contributed by atoms with van der Waals surface area (Å²) in [6.07, 6.45) is 1.93. The molecule has 1 aromatic heterocycles. The van der Waals surface area contributed by atoms with Crippen LogP contribution in [0.2, 0.25) is 0 Å². The van der Waals surface area contributed by atoms with E-state index in [4.69, 9.17) is 5.73 Å². The molecular weight excluding hydrogens is 186 g/mol. The van der Waals surface area contributed by atoms with Gasteiger partial charge in [-0.25, -0.2) is 0 Å². The van der Waals surface area contributed by atoms with E-state index in [1.165, 1.54) is 16.8 Å². The second-order valence-electron chi connectivity index (χ2n) is 4.31. The fourth-order valence-electron chi connectivity index (χ4n) is 1.87. The smallest absolute Gasteiger partial charge is 0.0644 e. The van der Waals surface area contributed by atoms with Crippen LogP contribution in [-0.2, 0) is 7.05 Å². The molecule has 1 heterocycles. The van der Waals surface area contributed by atoms with Crippen molar-refractivity contribution in [3.63, 3.8) is 0 Å². The molecule has 0 radical (unpaired) electrons. The van der Waals surface area contributed by atoms with Crippen LogP contribution < -0.4 is 5.73 Å². The second kappa shape index (κ2) is 4.62. The molecule has 0 bridgehead atoms. The van der Waals surface area contributed by atoms with E-state index in [0.717, 1.165) is 18.5 Å². The van der Waals surface area contributed by atoms with E-state index in [9.17, 15) is 0 Å². The van der Waals surface area contributed by atoms with Crippen LogP contribution in [0, 0.1) is 13.8 Å². The first-order valence-corrected chi connectivity index (χ1v) is 5.33. The molecule has 0 fully saturated rings. The van der Waals surface area contributed by atoms with Crippen LogP contribution in [-0.4, -0.2) is 9.78 Å². The monoisotopic (exact) mass is 207 g/mol. The summed E-state index contributed by atoms with van der Waals surface area (Å²) in [4.78, 5) is 0. The molecular formula is C12H21N3. The van der Waals surface area contributed by atoms with Gasteiger partial charge in [-0.1, -0.05) is 5.57 Å². The Labute approximate surface area is 92.0 Å². The molecule has 0 saturated carbocycles. The average molecular weight is 207 g/mol. The predicted octanol–water partition coefficient (Wildman–Crippen LogP) is 2.39. The van der Waals surface area contributed by atoms with Crippen molar-refractivity contribution < 1.29 is 0 Å². The first kappa shape index (κ1) is 12.0. The van der Waals surface area contributed by atoms with Gasteiger partial charge in [0.25, 0.3) is 0 Å². The largest absolute Gasteiger partial charge is 0.324 e. The highest BCUT2D eigenvalue weighted by atomic mass is 15.3. The highest BCUT2D eigenvalue weighted by Crippen LogP contribution is 2.23. The Morgan fingerprint density at radius 2 is 2.13 bits per heavy atom. The van der Waals surface area contributed by atoms with Gasteiger partial charge in [-0.3, -0.25) is 4.68 Å². The summed E-state index contributed by atoms with van der Waals surface area (Å²) in [7, 11) is 1.96. The summed E-state index contributed by atoms with van der Waals surface area (Å²) >= 11 is 0. The van der Waals surface area contributed by atoms with Crippen LogP contribution in [0.25, 0.3) is 0 Å². The van der Waals surface area contributed by atoms with Crippen LogP contribution in [0.3, 0.4) is 0 Å². The maximum absolute atomic E-state index is 6.16. The van der Waals surface area contributed by atoms with Crippen molar-refractivity contribution in [2.75, 3.05) is 0 Å². The van der Waals surface area contributed by atoms with Crippen LogP contribution in [0.5, 0.6) is 0 Å². The molecule has 3 heteroatoms. The summed E-state index contributed by atoms with van der Waals surface area (Å²) in [5.41, 5.74) is 10.8. The van der Waals surface area contributed by atoms with Crippen molar-refractivity contribution in [3.8, 4) is 0 Å². The molecule has 1 aromatic rings. The van der Waals surface area contributed by atoms with Crippen molar-refractivity contribution >= 4 is 0 Å². The van der Waals surface area contributed by atoms with E-state index in [2.05, 4.69) is 18.6 Å². The number of hydrogen-bond acceptors (Lipinski definition) is 2. The number of aryl methyl sites for hydroxylation is 2. The maximum atomic E-state index is 6.16. The van der Waals surface area contributed by atoms with Crippen LogP contribution in [0.4, 0.5) is 0 Å².